The van der Waals surface area contributed by atoms with Crippen molar-refractivity contribution in [3.8, 4) is 0 Å². The summed E-state index contributed by atoms with van der Waals surface area (Å²) in [6.45, 7) is 19.3. The first-order valence-electron chi connectivity index (χ1n) is 33.8. The summed E-state index contributed by atoms with van der Waals surface area (Å²) in [5, 5.41) is 51.4. The van der Waals surface area contributed by atoms with E-state index < -0.39 is 31.9 Å². The molecule has 0 aliphatic heterocycles. The van der Waals surface area contributed by atoms with E-state index >= 15 is 0 Å². The largest absolute Gasteiger partial charge is 0.400 e. The molecule has 1 aromatic rings. The molecule has 82 heavy (non-hydrogen) atoms. The highest BCUT2D eigenvalue weighted by molar-refractivity contribution is 7.92. The maximum atomic E-state index is 14.5. The van der Waals surface area contributed by atoms with Crippen molar-refractivity contribution in [1.29, 1.82) is 0 Å². The van der Waals surface area contributed by atoms with Crippen LogP contribution in [0.1, 0.15) is 290 Å². The molecule has 12 saturated carbocycles. The second-order valence-corrected chi connectivity index (χ2v) is 35.8. The summed E-state index contributed by atoms with van der Waals surface area (Å²) in [6.07, 6.45) is 38.6. The average molecular weight is 1160 g/mol. The molecule has 8 heteroatoms. The molecular weight excluding hydrogens is 1030 g/mol. The molecule has 5 N–H and O–H groups in total. The number of sulfone groups is 1. The van der Waals surface area contributed by atoms with E-state index in [9.17, 15) is 28.8 Å². The molecule has 0 aromatic heterocycles. The Labute approximate surface area is 504 Å². The minimum Gasteiger partial charge on any atom is -0.400 e. The Morgan fingerprint density at radius 2 is 0.866 bits per heavy atom. The number of aliphatic hydroxyl groups is 5. The predicted octanol–water partition coefficient (Wildman–Crippen LogP) is 17.8. The van der Waals surface area contributed by atoms with Gasteiger partial charge in [0.05, 0.1) is 32.5 Å². The minimum atomic E-state index is -3.60. The molecule has 1 aromatic carbocycles. The molecule has 12 aliphatic rings. The maximum Gasteiger partial charge on any atom is 0.181 e. The lowest BCUT2D eigenvalue weighted by Gasteiger charge is -2.62. The first-order chi connectivity index (χ1) is 37.2. The number of aliphatic hydroxyl groups excluding tert-OH is 1. The van der Waals surface area contributed by atoms with Crippen molar-refractivity contribution >= 4 is 9.84 Å². The van der Waals surface area contributed by atoms with Gasteiger partial charge in [0.15, 0.2) is 9.84 Å². The van der Waals surface area contributed by atoms with Crippen molar-refractivity contribution in [3.63, 3.8) is 0 Å². The number of benzene rings is 1. The first kappa shape index (κ1) is 66.9. The Balaban J connectivity index is 0.000000206. The van der Waals surface area contributed by atoms with Crippen LogP contribution in [-0.2, 0) is 9.84 Å². The molecule has 472 valence electrons. The molecule has 2 spiro atoms. The van der Waals surface area contributed by atoms with Gasteiger partial charge in [-0.25, -0.2) is 8.42 Å². The maximum absolute atomic E-state index is 14.5. The molecular formula is C74H128O7S. The van der Waals surface area contributed by atoms with Gasteiger partial charge in [-0.15, -0.1) is 0 Å². The Hall–Kier alpha value is -1.03. The zero-order chi connectivity index (χ0) is 56.5. The van der Waals surface area contributed by atoms with E-state index in [0.29, 0.717) is 56.1 Å². The normalized spacial score (nSPS) is 46.1. The number of fused-ring (bicyclic) bond motifs is 10. The lowest BCUT2D eigenvalue weighted by atomic mass is 9.43. The van der Waals surface area contributed by atoms with E-state index in [0.717, 1.165) is 138 Å². The summed E-state index contributed by atoms with van der Waals surface area (Å²) < 4.78 is 29.0. The predicted molar refractivity (Wildman–Crippen MR) is 340 cm³/mol. The molecule has 0 heterocycles. The van der Waals surface area contributed by atoms with Gasteiger partial charge < -0.3 is 25.5 Å². The standard InChI is InChI=1S/C38H58O4S.C32H54O2.CH4O.3CH4/c1-26(33(43(41,42)28-8-6-5-7-9-28)25-38(40)22-20-37(18-19-37)21-23-38)30-12-13-31-29-11-10-27-24-34(2,39)16-17-35(27,3)32(29)14-15-36(30,31)4;1-22(9-12-32(34)19-17-31(15-16-31)18-20-32)25-7-8-26-24-6-5-23-21-28(2,33)13-14-29(23,3)27(24)10-11-30(25,26)4;1-2;;;/h5-9,26-27,29-33,39-40H,10-25H2,1-4H3;22-27,33-34H,5-21H2,1-4H3;2H,1H3;3*1H4/t26-,27-,29-,30+,31-,32-,33?,34-,35-,36+;22-,23+,24+,25-,26+,27+,28+,29+,30-;;;;/m01..../s1. The zero-order valence-corrected chi connectivity index (χ0v) is 52.5. The van der Waals surface area contributed by atoms with E-state index in [1.54, 1.807) is 12.1 Å². The lowest BCUT2D eigenvalue weighted by Crippen LogP contribution is -2.56. The van der Waals surface area contributed by atoms with Crippen LogP contribution in [0.15, 0.2) is 35.2 Å². The van der Waals surface area contributed by atoms with Crippen LogP contribution in [0.4, 0.5) is 0 Å². The molecule has 0 radical (unpaired) electrons. The van der Waals surface area contributed by atoms with Crippen LogP contribution >= 0.6 is 0 Å². The average Bonchev–Trinajstić information content (AvgIpc) is 1.53. The lowest BCUT2D eigenvalue weighted by molar-refractivity contribution is -0.148. The molecule has 0 saturated heterocycles. The topological polar surface area (TPSA) is 135 Å². The van der Waals surface area contributed by atoms with Gasteiger partial charge in [-0.2, -0.15) is 0 Å². The Bertz CT molecular complexity index is 2390. The first-order valence-corrected chi connectivity index (χ1v) is 35.4. The van der Waals surface area contributed by atoms with E-state index in [1.165, 1.54) is 122 Å². The van der Waals surface area contributed by atoms with Crippen LogP contribution in [0.25, 0.3) is 0 Å². The van der Waals surface area contributed by atoms with Crippen molar-refractivity contribution in [3.05, 3.63) is 30.3 Å². The molecule has 13 rings (SSSR count). The number of rotatable bonds is 10. The van der Waals surface area contributed by atoms with Crippen LogP contribution in [0, 0.1) is 104 Å². The third kappa shape index (κ3) is 12.0. The molecule has 7 nitrogen and oxygen atoms in total. The highest BCUT2D eigenvalue weighted by atomic mass is 32.2. The van der Waals surface area contributed by atoms with Gasteiger partial charge in [0.25, 0.3) is 0 Å². The van der Waals surface area contributed by atoms with Crippen LogP contribution in [0.3, 0.4) is 0 Å². The molecule has 19 atom stereocenters. The molecule has 12 aliphatic carbocycles. The molecule has 0 amide bonds. The zero-order valence-electron chi connectivity index (χ0n) is 51.7. The Morgan fingerprint density at radius 1 is 0.463 bits per heavy atom. The SMILES string of the molecule is C.C.C.CO.C[C@H](C(CC1(O)CCC2(CC1)CC2)S(=O)(=O)c1ccccc1)[C@H]1CC[C@H]2[C@@H]3CC[C@H]4C[C@@](C)(O)CC[C@]4(C)[C@H]3CC[C@]12C.C[C@H](CCC1(O)CCC2(CC1)CC2)[C@H]1CC[C@H]2[C@@H]3CC[C@H]4C[C@@](C)(O)CC[C@]4(C)[C@H]3CC[C@]12C. The molecule has 12 fully saturated rings. The highest BCUT2D eigenvalue weighted by Gasteiger charge is 2.64. The smallest absolute Gasteiger partial charge is 0.181 e. The van der Waals surface area contributed by atoms with Crippen molar-refractivity contribution in [1.82, 2.24) is 0 Å². The summed E-state index contributed by atoms with van der Waals surface area (Å²) >= 11 is 0. The second kappa shape index (κ2) is 23.7. The Morgan fingerprint density at radius 3 is 1.32 bits per heavy atom. The summed E-state index contributed by atoms with van der Waals surface area (Å²) in [6, 6.07) is 9.12. The van der Waals surface area contributed by atoms with Crippen LogP contribution in [0.2, 0.25) is 0 Å². The van der Waals surface area contributed by atoms with Crippen molar-refractivity contribution < 1.29 is 34.0 Å². The van der Waals surface area contributed by atoms with Crippen molar-refractivity contribution in [2.24, 2.45) is 104 Å². The summed E-state index contributed by atoms with van der Waals surface area (Å²) in [5.74, 6) is 8.21. The highest BCUT2D eigenvalue weighted by Crippen LogP contribution is 2.72. The summed E-state index contributed by atoms with van der Waals surface area (Å²) in [7, 11) is -2.60. The van der Waals surface area contributed by atoms with Gasteiger partial charge >= 0.3 is 0 Å². The van der Waals surface area contributed by atoms with E-state index in [4.69, 9.17) is 5.11 Å². The summed E-state index contributed by atoms with van der Waals surface area (Å²) in [4.78, 5) is 0.424. The fourth-order valence-corrected chi connectivity index (χ4v) is 25.9. The van der Waals surface area contributed by atoms with Crippen LogP contribution < -0.4 is 0 Å². The summed E-state index contributed by atoms with van der Waals surface area (Å²) in [5.41, 5.74) is 0.461. The van der Waals surface area contributed by atoms with Gasteiger partial charge in [0.2, 0.25) is 0 Å². The van der Waals surface area contributed by atoms with E-state index in [1.807, 2.05) is 25.1 Å². The third-order valence-corrected chi connectivity index (χ3v) is 31.8. The van der Waals surface area contributed by atoms with Crippen LogP contribution in [0.5, 0.6) is 0 Å². The van der Waals surface area contributed by atoms with Gasteiger partial charge in [-0.3, -0.25) is 0 Å². The quantitative estimate of drug-likeness (QED) is 0.157. The van der Waals surface area contributed by atoms with E-state index in [-0.39, 0.29) is 39.2 Å². The number of hydrogen-bond acceptors (Lipinski definition) is 7. The number of hydrogen-bond donors (Lipinski definition) is 5. The monoisotopic (exact) mass is 1160 g/mol. The molecule has 1 unspecified atom stereocenters. The van der Waals surface area contributed by atoms with Gasteiger partial charge in [-0.1, -0.05) is 82.0 Å². The van der Waals surface area contributed by atoms with Crippen molar-refractivity contribution in [2.75, 3.05) is 7.11 Å². The second-order valence-electron chi connectivity index (χ2n) is 33.6. The fraction of sp³-hybridized carbons (Fsp3) is 0.919. The Kier molecular flexibility index (Phi) is 19.4. The van der Waals surface area contributed by atoms with Gasteiger partial charge in [-0.05, 0) is 341 Å². The molecule has 0 bridgehead atoms. The van der Waals surface area contributed by atoms with Crippen LogP contribution in [-0.4, -0.2) is 68.7 Å². The van der Waals surface area contributed by atoms with E-state index in [2.05, 4.69) is 48.5 Å². The van der Waals surface area contributed by atoms with Crippen molar-refractivity contribution in [2.45, 2.75) is 322 Å². The fourth-order valence-electron chi connectivity index (χ4n) is 23.7. The van der Waals surface area contributed by atoms with Gasteiger partial charge in [0.1, 0.15) is 0 Å². The van der Waals surface area contributed by atoms with Gasteiger partial charge in [0, 0.05) is 7.11 Å². The minimum absolute atomic E-state index is 0. The third-order valence-electron chi connectivity index (χ3n) is 29.5.